The first-order valence-corrected chi connectivity index (χ1v) is 8.60. The van der Waals surface area contributed by atoms with E-state index >= 15 is 0 Å². The molecule has 0 aromatic heterocycles. The number of anilines is 1. The lowest BCUT2D eigenvalue weighted by atomic mass is 10.0. The smallest absolute Gasteiger partial charge is 0.251 e. The summed E-state index contributed by atoms with van der Waals surface area (Å²) in [7, 11) is 0. The number of hydrogen-bond acceptors (Lipinski definition) is 2. The van der Waals surface area contributed by atoms with Gasteiger partial charge in [-0.15, -0.1) is 0 Å². The second-order valence-electron chi connectivity index (χ2n) is 5.90. The maximum absolute atomic E-state index is 12.2. The standard InChI is InChI=1S/C19H21N3OS/c23-18(15-7-3-1-4-8-15)20-17-11-13-22(14-12-17)19(24)21-16-9-5-2-6-10-16/h1-10,17H,11-14H2,(H,20,23)(H,21,24). The number of benzene rings is 2. The van der Waals surface area contributed by atoms with E-state index in [1.807, 2.05) is 60.7 Å². The number of rotatable bonds is 3. The van der Waals surface area contributed by atoms with Crippen molar-refractivity contribution in [1.29, 1.82) is 0 Å². The third-order valence-corrected chi connectivity index (χ3v) is 4.54. The van der Waals surface area contributed by atoms with Crippen LogP contribution in [-0.4, -0.2) is 35.1 Å². The monoisotopic (exact) mass is 339 g/mol. The van der Waals surface area contributed by atoms with Crippen LogP contribution in [0.15, 0.2) is 60.7 Å². The van der Waals surface area contributed by atoms with Crippen molar-refractivity contribution in [3.05, 3.63) is 66.2 Å². The molecule has 1 aliphatic heterocycles. The van der Waals surface area contributed by atoms with Crippen LogP contribution in [0, 0.1) is 0 Å². The summed E-state index contributed by atoms with van der Waals surface area (Å²) in [4.78, 5) is 14.4. The molecule has 0 atom stereocenters. The second kappa shape index (κ2) is 7.93. The molecule has 1 fully saturated rings. The number of hydrogen-bond donors (Lipinski definition) is 2. The Balaban J connectivity index is 1.47. The molecule has 0 bridgehead atoms. The highest BCUT2D eigenvalue weighted by molar-refractivity contribution is 7.80. The van der Waals surface area contributed by atoms with Gasteiger partial charge in [0.05, 0.1) is 0 Å². The zero-order chi connectivity index (χ0) is 16.8. The van der Waals surface area contributed by atoms with Crippen molar-refractivity contribution in [3.63, 3.8) is 0 Å². The Kier molecular flexibility index (Phi) is 5.43. The van der Waals surface area contributed by atoms with Crippen LogP contribution < -0.4 is 10.6 Å². The van der Waals surface area contributed by atoms with Gasteiger partial charge in [-0.05, 0) is 49.3 Å². The molecule has 24 heavy (non-hydrogen) atoms. The van der Waals surface area contributed by atoms with Crippen LogP contribution in [0.4, 0.5) is 5.69 Å². The maximum atomic E-state index is 12.2. The van der Waals surface area contributed by atoms with Crippen molar-refractivity contribution in [1.82, 2.24) is 10.2 Å². The Morgan fingerprint density at radius 1 is 0.958 bits per heavy atom. The minimum Gasteiger partial charge on any atom is -0.349 e. The summed E-state index contributed by atoms with van der Waals surface area (Å²) in [5.41, 5.74) is 1.71. The molecule has 2 N–H and O–H groups in total. The summed E-state index contributed by atoms with van der Waals surface area (Å²) in [6.07, 6.45) is 1.80. The molecule has 3 rings (SSSR count). The molecule has 0 radical (unpaired) electrons. The maximum Gasteiger partial charge on any atom is 0.251 e. The quantitative estimate of drug-likeness (QED) is 0.843. The third-order valence-electron chi connectivity index (χ3n) is 4.18. The van der Waals surface area contributed by atoms with Gasteiger partial charge in [0.2, 0.25) is 0 Å². The van der Waals surface area contributed by atoms with Gasteiger partial charge >= 0.3 is 0 Å². The topological polar surface area (TPSA) is 44.4 Å². The summed E-state index contributed by atoms with van der Waals surface area (Å²) in [5.74, 6) is -0.000892. The van der Waals surface area contributed by atoms with E-state index < -0.39 is 0 Å². The zero-order valence-corrected chi connectivity index (χ0v) is 14.3. The first-order valence-electron chi connectivity index (χ1n) is 8.19. The van der Waals surface area contributed by atoms with Crippen LogP contribution in [0.3, 0.4) is 0 Å². The van der Waals surface area contributed by atoms with Crippen molar-refractivity contribution in [3.8, 4) is 0 Å². The summed E-state index contributed by atoms with van der Waals surface area (Å²) in [6.45, 7) is 1.69. The number of nitrogens with zero attached hydrogens (tertiary/aromatic N) is 1. The molecule has 1 saturated heterocycles. The van der Waals surface area contributed by atoms with E-state index in [2.05, 4.69) is 15.5 Å². The minimum atomic E-state index is -0.000892. The van der Waals surface area contributed by atoms with Crippen LogP contribution in [0.5, 0.6) is 0 Å². The summed E-state index contributed by atoms with van der Waals surface area (Å²) in [5, 5.41) is 7.12. The van der Waals surface area contributed by atoms with Gasteiger partial charge in [0.25, 0.3) is 5.91 Å². The minimum absolute atomic E-state index is 0.000892. The van der Waals surface area contributed by atoms with Gasteiger partial charge in [-0.3, -0.25) is 4.79 Å². The Morgan fingerprint density at radius 2 is 1.54 bits per heavy atom. The molecular formula is C19H21N3OS. The molecular weight excluding hydrogens is 318 g/mol. The van der Waals surface area contributed by atoms with Crippen LogP contribution in [0.2, 0.25) is 0 Å². The second-order valence-corrected chi connectivity index (χ2v) is 6.28. The highest BCUT2D eigenvalue weighted by Gasteiger charge is 2.22. The third kappa shape index (κ3) is 4.32. The highest BCUT2D eigenvalue weighted by Crippen LogP contribution is 2.14. The summed E-state index contributed by atoms with van der Waals surface area (Å²) >= 11 is 5.49. The van der Waals surface area contributed by atoms with E-state index in [9.17, 15) is 4.79 Å². The van der Waals surface area contributed by atoms with Gasteiger partial charge in [-0.2, -0.15) is 0 Å². The lowest BCUT2D eigenvalue weighted by Gasteiger charge is -2.34. The molecule has 4 nitrogen and oxygen atoms in total. The molecule has 0 unspecified atom stereocenters. The summed E-state index contributed by atoms with van der Waals surface area (Å²) in [6, 6.07) is 19.5. The molecule has 0 spiro atoms. The van der Waals surface area contributed by atoms with Gasteiger partial charge < -0.3 is 15.5 Å². The highest BCUT2D eigenvalue weighted by atomic mass is 32.1. The Morgan fingerprint density at radius 3 is 2.17 bits per heavy atom. The molecule has 1 heterocycles. The van der Waals surface area contributed by atoms with E-state index in [0.29, 0.717) is 5.56 Å². The number of amides is 1. The number of carbonyl (C=O) groups is 1. The summed E-state index contributed by atoms with van der Waals surface area (Å²) < 4.78 is 0. The molecule has 2 aromatic rings. The van der Waals surface area contributed by atoms with Gasteiger partial charge in [-0.25, -0.2) is 0 Å². The van der Waals surface area contributed by atoms with Crippen LogP contribution in [0.25, 0.3) is 0 Å². The number of nitrogens with one attached hydrogen (secondary N) is 2. The lowest BCUT2D eigenvalue weighted by molar-refractivity contribution is 0.0922. The first-order chi connectivity index (χ1) is 11.7. The number of thiocarbonyl (C=S) groups is 1. The van der Waals surface area contributed by atoms with Crippen molar-refractivity contribution in [2.45, 2.75) is 18.9 Å². The molecule has 1 amide bonds. The lowest BCUT2D eigenvalue weighted by Crippen LogP contribution is -2.47. The van der Waals surface area contributed by atoms with Crippen molar-refractivity contribution < 1.29 is 4.79 Å². The molecule has 0 saturated carbocycles. The first kappa shape index (κ1) is 16.5. The fourth-order valence-electron chi connectivity index (χ4n) is 2.81. The van der Waals surface area contributed by atoms with Crippen LogP contribution in [0.1, 0.15) is 23.2 Å². The zero-order valence-electron chi connectivity index (χ0n) is 13.4. The van der Waals surface area contributed by atoms with E-state index in [-0.39, 0.29) is 11.9 Å². The van der Waals surface area contributed by atoms with Gasteiger partial charge in [0, 0.05) is 30.4 Å². The van der Waals surface area contributed by atoms with Crippen LogP contribution in [-0.2, 0) is 0 Å². The Labute approximate surface area is 147 Å². The largest absolute Gasteiger partial charge is 0.349 e. The molecule has 1 aliphatic rings. The SMILES string of the molecule is O=C(NC1CCN(C(=S)Nc2ccccc2)CC1)c1ccccc1. The normalized spacial score (nSPS) is 14.9. The Hall–Kier alpha value is -2.40. The fraction of sp³-hybridized carbons (Fsp3) is 0.263. The van der Waals surface area contributed by atoms with E-state index in [4.69, 9.17) is 12.2 Å². The number of carbonyl (C=O) groups excluding carboxylic acids is 1. The number of piperidine rings is 1. The predicted octanol–water partition coefficient (Wildman–Crippen LogP) is 3.28. The molecule has 124 valence electrons. The fourth-order valence-corrected chi connectivity index (χ4v) is 3.11. The van der Waals surface area contributed by atoms with E-state index in [0.717, 1.165) is 36.7 Å². The molecule has 5 heteroatoms. The van der Waals surface area contributed by atoms with E-state index in [1.165, 1.54) is 0 Å². The van der Waals surface area contributed by atoms with Gasteiger partial charge in [-0.1, -0.05) is 36.4 Å². The number of para-hydroxylation sites is 1. The van der Waals surface area contributed by atoms with Crippen molar-refractivity contribution in [2.75, 3.05) is 18.4 Å². The van der Waals surface area contributed by atoms with Crippen LogP contribution >= 0.6 is 12.2 Å². The molecule has 2 aromatic carbocycles. The van der Waals surface area contributed by atoms with E-state index in [1.54, 1.807) is 0 Å². The predicted molar refractivity (Wildman–Crippen MR) is 101 cm³/mol. The average Bonchev–Trinajstić information content (AvgIpc) is 2.64. The molecule has 0 aliphatic carbocycles. The Bertz CT molecular complexity index is 682. The van der Waals surface area contributed by atoms with Gasteiger partial charge in [0.1, 0.15) is 0 Å². The van der Waals surface area contributed by atoms with Gasteiger partial charge in [0.15, 0.2) is 5.11 Å². The average molecular weight is 339 g/mol. The number of likely N-dealkylation sites (tertiary alicyclic amines) is 1. The van der Waals surface area contributed by atoms with Crippen molar-refractivity contribution in [2.24, 2.45) is 0 Å². The van der Waals surface area contributed by atoms with Crippen molar-refractivity contribution >= 4 is 28.9 Å².